The maximum atomic E-state index is 12.8. The fourth-order valence-corrected chi connectivity index (χ4v) is 2.62. The van der Waals surface area contributed by atoms with E-state index >= 15 is 0 Å². The molecule has 0 atom stereocenters. The minimum atomic E-state index is -0.300. The molecule has 0 spiro atoms. The second kappa shape index (κ2) is 11.0. The molecule has 1 aromatic carbocycles. The number of ether oxygens (including phenoxy) is 2. The highest BCUT2D eigenvalue weighted by Gasteiger charge is 2.16. The molecule has 1 amide bonds. The lowest BCUT2D eigenvalue weighted by atomic mass is 10.1. The van der Waals surface area contributed by atoms with Crippen LogP contribution in [-0.2, 0) is 27.3 Å². The van der Waals surface area contributed by atoms with Gasteiger partial charge >= 0.3 is 5.97 Å². The smallest absolute Gasteiger partial charge is 0.307 e. The Morgan fingerprint density at radius 2 is 1.67 bits per heavy atom. The number of aromatic nitrogens is 1. The van der Waals surface area contributed by atoms with E-state index in [1.165, 1.54) is 0 Å². The number of pyridine rings is 1. The molecule has 144 valence electrons. The van der Waals surface area contributed by atoms with Gasteiger partial charge in [0.15, 0.2) is 0 Å². The van der Waals surface area contributed by atoms with Crippen molar-refractivity contribution in [3.05, 3.63) is 59.9 Å². The first-order valence-electron chi connectivity index (χ1n) is 9.16. The lowest BCUT2D eigenvalue weighted by molar-refractivity contribution is -0.144. The summed E-state index contributed by atoms with van der Waals surface area (Å²) in [5.74, 6) is 0.441. The quantitative estimate of drug-likeness (QED) is 0.602. The van der Waals surface area contributed by atoms with Gasteiger partial charge in [-0.15, -0.1) is 0 Å². The van der Waals surface area contributed by atoms with Crippen molar-refractivity contribution >= 4 is 11.9 Å². The highest BCUT2D eigenvalue weighted by Crippen LogP contribution is 2.14. The van der Waals surface area contributed by atoms with Gasteiger partial charge in [-0.2, -0.15) is 0 Å². The molecule has 0 aliphatic heterocycles. The van der Waals surface area contributed by atoms with Crippen molar-refractivity contribution in [1.82, 2.24) is 9.88 Å². The largest absolute Gasteiger partial charge is 0.494 e. The standard InChI is InChI=1S/C21H26N2O4/c1-3-26-19-7-5-17(6-8-19)15-20(24)23(14-11-21(25)27-4-2)16-18-9-12-22-13-10-18/h5-10,12-13H,3-4,11,14-16H2,1-2H3. The Kier molecular flexibility index (Phi) is 8.29. The lowest BCUT2D eigenvalue weighted by Gasteiger charge is -2.22. The summed E-state index contributed by atoms with van der Waals surface area (Å²) in [5.41, 5.74) is 1.87. The highest BCUT2D eigenvalue weighted by molar-refractivity contribution is 5.79. The van der Waals surface area contributed by atoms with E-state index in [9.17, 15) is 9.59 Å². The molecule has 27 heavy (non-hydrogen) atoms. The second-order valence-corrected chi connectivity index (χ2v) is 5.98. The molecule has 0 radical (unpaired) electrons. The number of benzene rings is 1. The molecule has 0 saturated heterocycles. The molecule has 1 aromatic heterocycles. The third-order valence-corrected chi connectivity index (χ3v) is 3.96. The van der Waals surface area contributed by atoms with Gasteiger partial charge in [0.25, 0.3) is 0 Å². The van der Waals surface area contributed by atoms with Crippen LogP contribution >= 0.6 is 0 Å². The van der Waals surface area contributed by atoms with Crippen molar-refractivity contribution in [3.8, 4) is 5.75 Å². The monoisotopic (exact) mass is 370 g/mol. The van der Waals surface area contributed by atoms with Gasteiger partial charge in [0, 0.05) is 25.5 Å². The summed E-state index contributed by atoms with van der Waals surface area (Å²) in [4.78, 5) is 30.2. The van der Waals surface area contributed by atoms with Gasteiger partial charge in [0.1, 0.15) is 5.75 Å². The van der Waals surface area contributed by atoms with Crippen LogP contribution in [0.25, 0.3) is 0 Å². The first kappa shape index (κ1) is 20.4. The van der Waals surface area contributed by atoms with Crippen molar-refractivity contribution in [3.63, 3.8) is 0 Å². The van der Waals surface area contributed by atoms with Crippen molar-refractivity contribution in [1.29, 1.82) is 0 Å². The van der Waals surface area contributed by atoms with Crippen LogP contribution in [-0.4, -0.2) is 41.5 Å². The summed E-state index contributed by atoms with van der Waals surface area (Å²) in [5, 5.41) is 0. The third kappa shape index (κ3) is 7.09. The first-order chi connectivity index (χ1) is 13.1. The third-order valence-electron chi connectivity index (χ3n) is 3.96. The normalized spacial score (nSPS) is 10.3. The van der Waals surface area contributed by atoms with Crippen LogP contribution in [0, 0.1) is 0 Å². The molecule has 2 rings (SSSR count). The Bertz CT molecular complexity index is 717. The molecule has 0 unspecified atom stereocenters. The maximum Gasteiger partial charge on any atom is 0.307 e. The van der Waals surface area contributed by atoms with E-state index in [-0.39, 0.29) is 24.7 Å². The molecule has 0 fully saturated rings. The maximum absolute atomic E-state index is 12.8. The average molecular weight is 370 g/mol. The molecule has 0 aliphatic carbocycles. The molecule has 6 heteroatoms. The molecule has 0 N–H and O–H groups in total. The zero-order valence-electron chi connectivity index (χ0n) is 15.9. The zero-order chi connectivity index (χ0) is 19.5. The predicted molar refractivity (Wildman–Crippen MR) is 102 cm³/mol. The summed E-state index contributed by atoms with van der Waals surface area (Å²) in [6.45, 7) is 5.38. The van der Waals surface area contributed by atoms with E-state index in [4.69, 9.17) is 9.47 Å². The minimum absolute atomic E-state index is 0.0414. The van der Waals surface area contributed by atoms with Crippen molar-refractivity contribution in [2.45, 2.75) is 33.2 Å². The van der Waals surface area contributed by atoms with Crippen LogP contribution in [0.2, 0.25) is 0 Å². The van der Waals surface area contributed by atoms with E-state index in [2.05, 4.69) is 4.98 Å². The Labute approximate surface area is 160 Å². The van der Waals surface area contributed by atoms with Gasteiger partial charge in [-0.1, -0.05) is 12.1 Å². The minimum Gasteiger partial charge on any atom is -0.494 e. The summed E-state index contributed by atoms with van der Waals surface area (Å²) in [6, 6.07) is 11.2. The Hall–Kier alpha value is -2.89. The summed E-state index contributed by atoms with van der Waals surface area (Å²) < 4.78 is 10.4. The topological polar surface area (TPSA) is 68.7 Å². The fourth-order valence-electron chi connectivity index (χ4n) is 2.62. The van der Waals surface area contributed by atoms with Gasteiger partial charge in [-0.25, -0.2) is 0 Å². The summed E-state index contributed by atoms with van der Waals surface area (Å²) in [7, 11) is 0. The van der Waals surface area contributed by atoms with E-state index in [0.717, 1.165) is 16.9 Å². The Balaban J connectivity index is 2.03. The zero-order valence-corrected chi connectivity index (χ0v) is 15.9. The molecular weight excluding hydrogens is 344 g/mol. The van der Waals surface area contributed by atoms with Gasteiger partial charge in [0.05, 0.1) is 26.1 Å². The fraction of sp³-hybridized carbons (Fsp3) is 0.381. The van der Waals surface area contributed by atoms with Gasteiger partial charge in [-0.3, -0.25) is 14.6 Å². The second-order valence-electron chi connectivity index (χ2n) is 5.98. The van der Waals surface area contributed by atoms with Crippen molar-refractivity contribution in [2.24, 2.45) is 0 Å². The number of nitrogens with zero attached hydrogens (tertiary/aromatic N) is 2. The van der Waals surface area contributed by atoms with Crippen LogP contribution in [0.3, 0.4) is 0 Å². The predicted octanol–water partition coefficient (Wildman–Crippen LogP) is 3.00. The Morgan fingerprint density at radius 3 is 2.30 bits per heavy atom. The number of carbonyl (C=O) groups is 2. The van der Waals surface area contributed by atoms with E-state index < -0.39 is 0 Å². The highest BCUT2D eigenvalue weighted by atomic mass is 16.5. The molecule has 2 aromatic rings. The van der Waals surface area contributed by atoms with Gasteiger partial charge < -0.3 is 14.4 Å². The van der Waals surface area contributed by atoms with Crippen LogP contribution in [0.4, 0.5) is 0 Å². The lowest BCUT2D eigenvalue weighted by Crippen LogP contribution is -2.34. The van der Waals surface area contributed by atoms with Gasteiger partial charge in [-0.05, 0) is 49.2 Å². The van der Waals surface area contributed by atoms with Crippen LogP contribution < -0.4 is 4.74 Å². The molecule has 0 saturated carbocycles. The van der Waals surface area contributed by atoms with E-state index in [1.54, 1.807) is 24.2 Å². The molecule has 1 heterocycles. The number of hydrogen-bond acceptors (Lipinski definition) is 5. The molecular formula is C21H26N2O4. The number of hydrogen-bond donors (Lipinski definition) is 0. The van der Waals surface area contributed by atoms with Gasteiger partial charge in [0.2, 0.25) is 5.91 Å². The molecule has 0 aliphatic rings. The number of amides is 1. The SMILES string of the molecule is CCOC(=O)CCN(Cc1ccncc1)C(=O)Cc1ccc(OCC)cc1. The van der Waals surface area contributed by atoms with E-state index in [1.807, 2.05) is 43.3 Å². The molecule has 6 nitrogen and oxygen atoms in total. The summed E-state index contributed by atoms with van der Waals surface area (Å²) >= 11 is 0. The summed E-state index contributed by atoms with van der Waals surface area (Å²) in [6.07, 6.45) is 3.82. The van der Waals surface area contributed by atoms with Crippen LogP contribution in [0.15, 0.2) is 48.8 Å². The first-order valence-corrected chi connectivity index (χ1v) is 9.16. The Morgan fingerprint density at radius 1 is 0.963 bits per heavy atom. The van der Waals surface area contributed by atoms with Crippen molar-refractivity contribution < 1.29 is 19.1 Å². The van der Waals surface area contributed by atoms with Crippen LogP contribution in [0.1, 0.15) is 31.4 Å². The van der Waals surface area contributed by atoms with Crippen molar-refractivity contribution in [2.75, 3.05) is 19.8 Å². The molecule has 0 bridgehead atoms. The number of esters is 1. The van der Waals surface area contributed by atoms with E-state index in [0.29, 0.717) is 26.3 Å². The average Bonchev–Trinajstić information content (AvgIpc) is 2.68. The van der Waals surface area contributed by atoms with Crippen LogP contribution in [0.5, 0.6) is 5.75 Å². The number of carbonyl (C=O) groups excluding carboxylic acids is 2. The number of rotatable bonds is 10.